The molecule has 2 aromatic carbocycles. The molecule has 2 N–H and O–H groups in total. The van der Waals surface area contributed by atoms with E-state index in [1.807, 2.05) is 68.0 Å². The Morgan fingerprint density at radius 1 is 1.16 bits per heavy atom. The minimum absolute atomic E-state index is 0.229. The molecule has 1 amide bonds. The first-order chi connectivity index (χ1) is 14.9. The van der Waals surface area contributed by atoms with Gasteiger partial charge in [-0.3, -0.25) is 14.8 Å². The van der Waals surface area contributed by atoms with Crippen LogP contribution in [0.3, 0.4) is 0 Å². The fraction of sp³-hybridized carbons (Fsp3) is 0.292. The van der Waals surface area contributed by atoms with Gasteiger partial charge < -0.3 is 5.32 Å². The molecular formula is C24H28ClN5O. The lowest BCUT2D eigenvalue weighted by Crippen LogP contribution is -2.36. The van der Waals surface area contributed by atoms with Gasteiger partial charge in [-0.2, -0.15) is 5.10 Å². The number of nitrogens with one attached hydrogen (secondary N) is 2. The van der Waals surface area contributed by atoms with Gasteiger partial charge in [-0.1, -0.05) is 42.3 Å². The van der Waals surface area contributed by atoms with E-state index in [9.17, 15) is 4.79 Å². The third-order valence-corrected chi connectivity index (χ3v) is 5.35. The summed E-state index contributed by atoms with van der Waals surface area (Å²) in [6, 6.07) is 13.0. The highest BCUT2D eigenvalue weighted by atomic mass is 35.5. The third-order valence-electron chi connectivity index (χ3n) is 4.94. The highest BCUT2D eigenvalue weighted by Gasteiger charge is 2.12. The number of hydrogen-bond donors (Lipinski definition) is 2. The van der Waals surface area contributed by atoms with Crippen LogP contribution in [0.25, 0.3) is 0 Å². The van der Waals surface area contributed by atoms with Gasteiger partial charge in [0.2, 0.25) is 5.96 Å². The van der Waals surface area contributed by atoms with Crippen LogP contribution in [-0.2, 0) is 13.1 Å². The van der Waals surface area contributed by atoms with Crippen LogP contribution < -0.4 is 10.6 Å². The van der Waals surface area contributed by atoms with Crippen molar-refractivity contribution in [2.75, 3.05) is 5.32 Å². The summed E-state index contributed by atoms with van der Waals surface area (Å²) in [5, 5.41) is 11.3. The zero-order valence-corrected chi connectivity index (χ0v) is 19.1. The monoisotopic (exact) mass is 437 g/mol. The number of rotatable bonds is 6. The number of amides is 1. The number of hydrogen-bond acceptors (Lipinski definition) is 3. The molecule has 0 aliphatic heterocycles. The smallest absolute Gasteiger partial charge is 0.257 e. The minimum atomic E-state index is -0.229. The molecular weight excluding hydrogens is 410 g/mol. The molecule has 31 heavy (non-hydrogen) atoms. The molecule has 0 atom stereocenters. The van der Waals surface area contributed by atoms with Crippen LogP contribution in [0.5, 0.6) is 0 Å². The number of anilines is 1. The number of aromatic nitrogens is 2. The summed E-state index contributed by atoms with van der Waals surface area (Å²) in [6.07, 6.45) is 3.02. The van der Waals surface area contributed by atoms with Gasteiger partial charge >= 0.3 is 0 Å². The molecule has 0 saturated carbocycles. The van der Waals surface area contributed by atoms with E-state index >= 15 is 0 Å². The Bertz CT molecular complexity index is 1100. The summed E-state index contributed by atoms with van der Waals surface area (Å²) in [5.41, 5.74) is 5.21. The molecule has 1 aromatic heterocycles. The minimum Gasteiger partial charge on any atom is -0.326 e. The van der Waals surface area contributed by atoms with E-state index in [-0.39, 0.29) is 5.91 Å². The maximum absolute atomic E-state index is 12.8. The Kier molecular flexibility index (Phi) is 7.47. The van der Waals surface area contributed by atoms with E-state index in [1.165, 1.54) is 0 Å². The first-order valence-electron chi connectivity index (χ1n) is 10.3. The Morgan fingerprint density at radius 2 is 1.94 bits per heavy atom. The van der Waals surface area contributed by atoms with Crippen molar-refractivity contribution in [1.82, 2.24) is 15.1 Å². The van der Waals surface area contributed by atoms with E-state index in [0.29, 0.717) is 23.1 Å². The summed E-state index contributed by atoms with van der Waals surface area (Å²) in [4.78, 5) is 17.5. The lowest BCUT2D eigenvalue weighted by molar-refractivity contribution is 0.0977. The van der Waals surface area contributed by atoms with Crippen molar-refractivity contribution < 1.29 is 4.79 Å². The first kappa shape index (κ1) is 22.6. The van der Waals surface area contributed by atoms with Crippen LogP contribution in [-0.4, -0.2) is 21.6 Å². The summed E-state index contributed by atoms with van der Waals surface area (Å²) in [5.74, 6) is 0.132. The molecule has 0 aliphatic carbocycles. The van der Waals surface area contributed by atoms with Crippen molar-refractivity contribution >= 4 is 29.2 Å². The molecule has 7 heteroatoms. The molecule has 0 spiro atoms. The maximum atomic E-state index is 12.8. The highest BCUT2D eigenvalue weighted by molar-refractivity contribution is 6.31. The molecule has 3 aromatic rings. The highest BCUT2D eigenvalue weighted by Crippen LogP contribution is 2.23. The predicted octanol–water partition coefficient (Wildman–Crippen LogP) is 5.27. The van der Waals surface area contributed by atoms with Gasteiger partial charge in [-0.05, 0) is 57.0 Å². The largest absolute Gasteiger partial charge is 0.326 e. The van der Waals surface area contributed by atoms with Crippen LogP contribution in [0.2, 0.25) is 5.02 Å². The summed E-state index contributed by atoms with van der Waals surface area (Å²) in [7, 11) is 0. The van der Waals surface area contributed by atoms with E-state index in [1.54, 1.807) is 6.07 Å². The molecule has 0 fully saturated rings. The predicted molar refractivity (Wildman–Crippen MR) is 127 cm³/mol. The average molecular weight is 438 g/mol. The standard InChI is InChI=1S/C24H28ClN5O/c1-5-12-30-15-20(18(4)29-30)14-26-24(27-22-11-7-10-21(25)17(22)3)28-23(31)19-9-6-8-16(2)13-19/h6-11,13,15H,5,12,14H2,1-4H3,(H2,26,27,28,31). The van der Waals surface area contributed by atoms with E-state index in [2.05, 4.69) is 27.6 Å². The SMILES string of the molecule is CCCn1cc(CN=C(NC(=O)c2cccc(C)c2)Nc2cccc(Cl)c2C)c(C)n1. The molecule has 162 valence electrons. The topological polar surface area (TPSA) is 71.3 Å². The van der Waals surface area contributed by atoms with Gasteiger partial charge in [0.05, 0.1) is 12.2 Å². The number of aliphatic imine (C=N–C) groups is 1. The molecule has 6 nitrogen and oxygen atoms in total. The first-order valence-corrected chi connectivity index (χ1v) is 10.7. The Hall–Kier alpha value is -3.12. The average Bonchev–Trinajstić information content (AvgIpc) is 3.09. The number of nitrogens with zero attached hydrogens (tertiary/aromatic N) is 3. The van der Waals surface area contributed by atoms with Gasteiger partial charge in [0.25, 0.3) is 5.91 Å². The molecule has 3 rings (SSSR count). The molecule has 1 heterocycles. The summed E-state index contributed by atoms with van der Waals surface area (Å²) in [6.45, 7) is 9.22. The van der Waals surface area contributed by atoms with Crippen molar-refractivity contribution in [2.24, 2.45) is 4.99 Å². The van der Waals surface area contributed by atoms with Crippen LogP contribution in [0.15, 0.2) is 53.7 Å². The van der Waals surface area contributed by atoms with Crippen molar-refractivity contribution in [3.63, 3.8) is 0 Å². The number of halogens is 1. The lowest BCUT2D eigenvalue weighted by atomic mass is 10.1. The van der Waals surface area contributed by atoms with E-state index in [0.717, 1.165) is 41.0 Å². The number of carbonyl (C=O) groups excluding carboxylic acids is 1. The van der Waals surface area contributed by atoms with E-state index in [4.69, 9.17) is 11.6 Å². The van der Waals surface area contributed by atoms with Crippen LogP contribution >= 0.6 is 11.6 Å². The van der Waals surface area contributed by atoms with Crippen LogP contribution in [0.4, 0.5) is 5.69 Å². The fourth-order valence-corrected chi connectivity index (χ4v) is 3.34. The lowest BCUT2D eigenvalue weighted by Gasteiger charge is -2.14. The Labute approximate surface area is 188 Å². The zero-order valence-electron chi connectivity index (χ0n) is 18.4. The number of carbonyl (C=O) groups is 1. The summed E-state index contributed by atoms with van der Waals surface area (Å²) < 4.78 is 1.93. The van der Waals surface area contributed by atoms with Crippen LogP contribution in [0.1, 0.15) is 46.1 Å². The van der Waals surface area contributed by atoms with Gasteiger partial charge in [-0.25, -0.2) is 4.99 Å². The number of aryl methyl sites for hydroxylation is 3. The summed E-state index contributed by atoms with van der Waals surface area (Å²) >= 11 is 6.26. The Balaban J connectivity index is 1.86. The number of benzene rings is 2. The van der Waals surface area contributed by atoms with Crippen LogP contribution in [0, 0.1) is 20.8 Å². The van der Waals surface area contributed by atoms with Crippen molar-refractivity contribution in [2.45, 2.75) is 47.2 Å². The molecule has 0 aliphatic rings. The second kappa shape index (κ2) is 10.3. The normalized spacial score (nSPS) is 11.5. The van der Waals surface area contributed by atoms with E-state index < -0.39 is 0 Å². The maximum Gasteiger partial charge on any atom is 0.257 e. The van der Waals surface area contributed by atoms with Gasteiger partial charge in [0, 0.05) is 34.6 Å². The van der Waals surface area contributed by atoms with Crippen molar-refractivity contribution in [1.29, 1.82) is 0 Å². The van der Waals surface area contributed by atoms with Crippen molar-refractivity contribution in [3.05, 3.63) is 81.6 Å². The number of guanidine groups is 1. The quantitative estimate of drug-likeness (QED) is 0.407. The second-order valence-electron chi connectivity index (χ2n) is 7.53. The van der Waals surface area contributed by atoms with Gasteiger partial charge in [0.1, 0.15) is 0 Å². The molecule has 0 radical (unpaired) electrons. The second-order valence-corrected chi connectivity index (χ2v) is 7.94. The van der Waals surface area contributed by atoms with Gasteiger partial charge in [-0.15, -0.1) is 0 Å². The molecule has 0 bridgehead atoms. The Morgan fingerprint density at radius 3 is 2.68 bits per heavy atom. The fourth-order valence-electron chi connectivity index (χ4n) is 3.17. The molecule has 0 saturated heterocycles. The zero-order chi connectivity index (χ0) is 22.4. The third kappa shape index (κ3) is 5.95. The molecule has 0 unspecified atom stereocenters. The van der Waals surface area contributed by atoms with Gasteiger partial charge in [0.15, 0.2) is 0 Å². The van der Waals surface area contributed by atoms with Crippen molar-refractivity contribution in [3.8, 4) is 0 Å².